The summed E-state index contributed by atoms with van der Waals surface area (Å²) in [7, 11) is -0.696. The Labute approximate surface area is 269 Å². The molecule has 5 aromatic rings. The standard InChI is InChI=1S/C26H24P2.C9H11.C2H4.CO.Ir/c1-5-13-23(14-6-1)27(24-15-7-2-8-16-24)21-22-28(25-17-9-3-10-18-25)26-19-11-4-12-20-26;1-7-4-8(2)6-9(3)5-7;2*1-2;/h1-20H,21-22H2;4-6H,1H2,2-3H3;1-2H2;;/q;-1;;;. The van der Waals surface area contributed by atoms with Crippen molar-refractivity contribution >= 4 is 37.1 Å². The van der Waals surface area contributed by atoms with Crippen LogP contribution in [0.25, 0.3) is 0 Å². The average molecular weight is 766 g/mol. The topological polar surface area (TPSA) is 19.9 Å². The Bertz CT molecular complexity index is 1200. The van der Waals surface area contributed by atoms with Gasteiger partial charge in [-0.05, 0) is 49.4 Å². The van der Waals surface area contributed by atoms with Crippen molar-refractivity contribution in [1.29, 1.82) is 0 Å². The van der Waals surface area contributed by atoms with Gasteiger partial charge in [0.2, 0.25) is 0 Å². The van der Waals surface area contributed by atoms with Crippen molar-refractivity contribution in [3.8, 4) is 0 Å². The molecule has 0 amide bonds. The molecule has 1 radical (unpaired) electrons. The maximum atomic E-state index is 7.50. The molecule has 0 N–H and O–H groups in total. The number of hydrogen-bond donors (Lipinski definition) is 0. The summed E-state index contributed by atoms with van der Waals surface area (Å²) >= 11 is 0. The molecule has 0 heterocycles. The Hall–Kier alpha value is -3.04. The molecule has 0 spiro atoms. The molecule has 42 heavy (non-hydrogen) atoms. The monoisotopic (exact) mass is 766 g/mol. The smallest absolute Gasteiger partial charge is 0 e. The summed E-state index contributed by atoms with van der Waals surface area (Å²) in [5, 5.41) is 5.89. The summed E-state index contributed by atoms with van der Waals surface area (Å²) in [6, 6.07) is 50.5. The van der Waals surface area contributed by atoms with Crippen LogP contribution < -0.4 is 21.2 Å². The van der Waals surface area contributed by atoms with Crippen LogP contribution in [0.4, 0.5) is 0 Å². The number of hydrogen-bond acceptors (Lipinski definition) is 0. The number of benzene rings is 5. The Morgan fingerprint density at radius 3 is 0.976 bits per heavy atom. The van der Waals surface area contributed by atoms with E-state index in [-0.39, 0.29) is 35.9 Å². The van der Waals surface area contributed by atoms with E-state index in [0.717, 1.165) is 5.56 Å². The first kappa shape index (κ1) is 37.0. The second-order valence-corrected chi connectivity index (χ2v) is 13.8. The summed E-state index contributed by atoms with van der Waals surface area (Å²) in [6.45, 7) is 18.5. The van der Waals surface area contributed by atoms with E-state index in [1.807, 2.05) is 0 Å². The zero-order valence-corrected chi connectivity index (χ0v) is 28.6. The maximum Gasteiger partial charge on any atom is 0 e. The maximum absolute atomic E-state index is 7.50. The fourth-order valence-corrected chi connectivity index (χ4v) is 9.87. The van der Waals surface area contributed by atoms with Gasteiger partial charge in [-0.3, -0.25) is 0 Å². The Morgan fingerprint density at radius 2 is 0.762 bits per heavy atom. The first-order chi connectivity index (χ1) is 20.1. The van der Waals surface area contributed by atoms with Crippen LogP contribution in [0.1, 0.15) is 16.7 Å². The summed E-state index contributed by atoms with van der Waals surface area (Å²) in [5.41, 5.74) is 3.69. The Balaban J connectivity index is 0.000000533. The van der Waals surface area contributed by atoms with Crippen LogP contribution in [0.2, 0.25) is 0 Å². The van der Waals surface area contributed by atoms with Crippen LogP contribution >= 0.6 is 15.8 Å². The van der Waals surface area contributed by atoms with E-state index >= 15 is 0 Å². The van der Waals surface area contributed by atoms with Crippen LogP contribution in [-0.4, -0.2) is 12.3 Å². The van der Waals surface area contributed by atoms with Crippen molar-refractivity contribution in [1.82, 2.24) is 0 Å². The SMILES string of the molecule is C=C.[C-]#[O+].[CH2-]c1cc(C)cc(C)c1.[Ir].c1ccc(P(CCP(c2ccccc2)c2ccccc2)c2ccccc2)cc1. The van der Waals surface area contributed by atoms with Crippen LogP contribution in [0.3, 0.4) is 0 Å². The van der Waals surface area contributed by atoms with Gasteiger partial charge in [-0.1, -0.05) is 141 Å². The van der Waals surface area contributed by atoms with Gasteiger partial charge < -0.3 is 0 Å². The van der Waals surface area contributed by atoms with E-state index in [1.54, 1.807) is 0 Å². The van der Waals surface area contributed by atoms with Gasteiger partial charge in [-0.15, -0.1) is 24.3 Å². The molecule has 0 unspecified atom stereocenters. The second-order valence-electron chi connectivity index (χ2n) is 9.14. The van der Waals surface area contributed by atoms with Gasteiger partial charge in [0, 0.05) is 20.1 Å². The van der Waals surface area contributed by atoms with E-state index < -0.39 is 0 Å². The molecule has 0 saturated heterocycles. The summed E-state index contributed by atoms with van der Waals surface area (Å²) < 4.78 is 7.50. The van der Waals surface area contributed by atoms with Crippen LogP contribution in [-0.2, 0) is 24.8 Å². The molecule has 0 aromatic heterocycles. The fraction of sp³-hybridized carbons (Fsp3) is 0.105. The summed E-state index contributed by atoms with van der Waals surface area (Å²) in [4.78, 5) is 0. The van der Waals surface area contributed by atoms with Gasteiger partial charge in [0.15, 0.2) is 0 Å². The molecular formula is C38H39IrOP2-. The first-order valence-electron chi connectivity index (χ1n) is 13.5. The minimum absolute atomic E-state index is 0. The molecule has 4 heteroatoms. The summed E-state index contributed by atoms with van der Waals surface area (Å²) in [6.07, 6.45) is 2.41. The Morgan fingerprint density at radius 1 is 0.524 bits per heavy atom. The van der Waals surface area contributed by atoms with Crippen LogP contribution in [0.15, 0.2) is 153 Å². The van der Waals surface area contributed by atoms with Crippen molar-refractivity contribution in [2.45, 2.75) is 13.8 Å². The molecule has 0 saturated carbocycles. The van der Waals surface area contributed by atoms with E-state index in [2.05, 4.69) is 180 Å². The van der Waals surface area contributed by atoms with Gasteiger partial charge in [-0.25, -0.2) is 0 Å². The molecule has 0 aliphatic heterocycles. The Kier molecular flexibility index (Phi) is 19.0. The third kappa shape index (κ3) is 12.4. The second kappa shape index (κ2) is 21.6. The summed E-state index contributed by atoms with van der Waals surface area (Å²) in [5.74, 6) is 0. The van der Waals surface area contributed by atoms with Crippen molar-refractivity contribution in [3.63, 3.8) is 0 Å². The molecule has 0 bridgehead atoms. The average Bonchev–Trinajstić information content (AvgIpc) is 3.03. The zero-order chi connectivity index (χ0) is 29.9. The molecule has 0 aliphatic carbocycles. The molecule has 5 aromatic carbocycles. The molecular weight excluding hydrogens is 727 g/mol. The van der Waals surface area contributed by atoms with Crippen molar-refractivity contribution in [3.05, 3.63) is 183 Å². The van der Waals surface area contributed by atoms with Crippen LogP contribution in [0, 0.1) is 27.4 Å². The van der Waals surface area contributed by atoms with Gasteiger partial charge in [0.1, 0.15) is 0 Å². The van der Waals surface area contributed by atoms with E-state index in [0.29, 0.717) is 0 Å². The van der Waals surface area contributed by atoms with Gasteiger partial charge in [0.25, 0.3) is 0 Å². The number of rotatable bonds is 7. The quantitative estimate of drug-likeness (QED) is 0.0686. The molecule has 5 rings (SSSR count). The third-order valence-corrected chi connectivity index (χ3v) is 11.5. The molecule has 0 atom stereocenters. The van der Waals surface area contributed by atoms with E-state index in [1.165, 1.54) is 44.7 Å². The van der Waals surface area contributed by atoms with E-state index in [4.69, 9.17) is 4.65 Å². The number of aryl methyl sites for hydroxylation is 2. The van der Waals surface area contributed by atoms with Crippen LogP contribution in [0.5, 0.6) is 0 Å². The van der Waals surface area contributed by atoms with Gasteiger partial charge in [0.05, 0.1) is 0 Å². The molecule has 1 nitrogen and oxygen atoms in total. The molecule has 217 valence electrons. The largest absolute Gasteiger partial charge is 0.199 e. The van der Waals surface area contributed by atoms with Crippen molar-refractivity contribution < 1.29 is 24.8 Å². The van der Waals surface area contributed by atoms with Gasteiger partial charge >= 0.3 is 11.3 Å². The van der Waals surface area contributed by atoms with Crippen molar-refractivity contribution in [2.75, 3.05) is 12.3 Å². The fourth-order valence-electron chi connectivity index (χ4n) is 4.52. The molecule has 0 aliphatic rings. The van der Waals surface area contributed by atoms with E-state index in [9.17, 15) is 0 Å². The predicted octanol–water partition coefficient (Wildman–Crippen LogP) is 8.50. The first-order valence-corrected chi connectivity index (χ1v) is 16.5. The predicted molar refractivity (Wildman–Crippen MR) is 183 cm³/mol. The normalized spacial score (nSPS) is 9.57. The molecule has 0 fully saturated rings. The van der Waals surface area contributed by atoms with Crippen molar-refractivity contribution in [2.24, 2.45) is 0 Å². The minimum atomic E-state index is -0.348. The van der Waals surface area contributed by atoms with Gasteiger partial charge in [-0.2, -0.15) is 24.6 Å². The third-order valence-electron chi connectivity index (χ3n) is 6.10. The zero-order valence-electron chi connectivity index (χ0n) is 24.5. The minimum Gasteiger partial charge on any atom is -0.199 e.